The van der Waals surface area contributed by atoms with Gasteiger partial charge in [-0.2, -0.15) is 0 Å². The molecule has 1 aromatic rings. The second-order valence-electron chi connectivity index (χ2n) is 0.558. The predicted octanol–water partition coefficient (Wildman–Crippen LogP) is -1.51. The Morgan fingerprint density at radius 1 is 1.67 bits per heavy atom. The van der Waals surface area contributed by atoms with Gasteiger partial charge in [-0.15, -0.1) is 0 Å². The van der Waals surface area contributed by atoms with Crippen molar-refractivity contribution >= 4 is 23.1 Å². The first-order chi connectivity index (χ1) is 2.50. The highest BCUT2D eigenvalue weighted by molar-refractivity contribution is 7.18. The van der Waals surface area contributed by atoms with Gasteiger partial charge in [0, 0.05) is 0 Å². The first kappa shape index (κ1) is 6.27. The predicted molar refractivity (Wildman–Crippen MR) is 24.4 cm³/mol. The van der Waals surface area contributed by atoms with Crippen LogP contribution in [0.3, 0.4) is 0 Å². The van der Waals surface area contributed by atoms with Gasteiger partial charge in [0.05, 0.1) is 3.76 Å². The first-order valence-corrected chi connectivity index (χ1v) is 2.84. The van der Waals surface area contributed by atoms with E-state index in [1.807, 2.05) is 10.8 Å². The van der Waals surface area contributed by atoms with E-state index in [0.29, 0.717) is 0 Å². The van der Waals surface area contributed by atoms with E-state index in [1.165, 1.54) is 23.1 Å². The highest BCUT2D eigenvalue weighted by atomic mass is 35.5. The van der Waals surface area contributed by atoms with Crippen molar-refractivity contribution in [1.82, 2.24) is 3.76 Å². The number of hydrogen-bond acceptors (Lipinski definition) is 2. The smallest absolute Gasteiger partial charge is 0.200 e. The molecule has 0 amide bonds. The second kappa shape index (κ2) is 3.46. The average Bonchev–Trinajstić information content (AvgIpc) is 1.76. The summed E-state index contributed by atoms with van der Waals surface area (Å²) >= 11 is 2.96. The maximum absolute atomic E-state index is 3.81. The van der Waals surface area contributed by atoms with Crippen LogP contribution in [0.2, 0.25) is 0 Å². The van der Waals surface area contributed by atoms with Crippen LogP contribution in [0.15, 0.2) is 10.8 Å². The van der Waals surface area contributed by atoms with Gasteiger partial charge in [-0.25, -0.2) is 0 Å². The molecule has 0 bridgehead atoms. The highest BCUT2D eigenvalue weighted by Crippen LogP contribution is 1.92. The Kier molecular flexibility index (Phi) is 3.62. The van der Waals surface area contributed by atoms with Gasteiger partial charge < -0.3 is 12.4 Å². The van der Waals surface area contributed by atoms with Crippen LogP contribution in [0.1, 0.15) is 0 Å². The van der Waals surface area contributed by atoms with Crippen LogP contribution in [0.4, 0.5) is 0 Å². The monoisotopic (exact) mass is 139 g/mol. The molecule has 0 atom stereocenters. The quantitative estimate of drug-likeness (QED) is 0.399. The number of halogens is 1. The minimum atomic E-state index is 0. The molecule has 0 radical (unpaired) electrons. The molecule has 1 heterocycles. The van der Waals surface area contributed by atoms with Gasteiger partial charge in [-0.3, -0.25) is 0 Å². The lowest BCUT2D eigenvalue weighted by atomic mass is 11.2. The van der Waals surface area contributed by atoms with Crippen LogP contribution < -0.4 is 12.4 Å². The zero-order valence-electron chi connectivity index (χ0n) is 2.80. The summed E-state index contributed by atoms with van der Waals surface area (Å²) in [4.78, 5) is 0. The largest absolute Gasteiger partial charge is 1.00 e. The third-order valence-electron chi connectivity index (χ3n) is 0.263. The van der Waals surface area contributed by atoms with E-state index in [2.05, 4.69) is 3.76 Å². The van der Waals surface area contributed by atoms with E-state index in [9.17, 15) is 0 Å². The third kappa shape index (κ3) is 1.64. The summed E-state index contributed by atoms with van der Waals surface area (Å²) < 4.78 is 3.81. The van der Waals surface area contributed by atoms with Crippen molar-refractivity contribution in [2.24, 2.45) is 0 Å². The molecule has 6 heavy (non-hydrogen) atoms. The van der Waals surface area contributed by atoms with Gasteiger partial charge in [0.25, 0.3) is 0 Å². The zero-order chi connectivity index (χ0) is 3.54. The molecule has 4 heteroatoms. The van der Waals surface area contributed by atoms with Crippen molar-refractivity contribution in [3.05, 3.63) is 10.8 Å². The molecule has 0 aliphatic carbocycles. The van der Waals surface area contributed by atoms with Crippen molar-refractivity contribution in [3.63, 3.8) is 0 Å². The normalized spacial score (nSPS) is 6.67. The van der Waals surface area contributed by atoms with Crippen molar-refractivity contribution in [2.75, 3.05) is 0 Å². The van der Waals surface area contributed by atoms with E-state index in [0.717, 1.165) is 0 Å². The van der Waals surface area contributed by atoms with Crippen molar-refractivity contribution in [2.45, 2.75) is 0 Å². The Bertz CT molecular complexity index is 68.0. The molecular weight excluding hydrogens is 138 g/mol. The van der Waals surface area contributed by atoms with Crippen LogP contribution in [0.5, 0.6) is 0 Å². The summed E-state index contributed by atoms with van der Waals surface area (Å²) in [7, 11) is 0. The van der Waals surface area contributed by atoms with Crippen molar-refractivity contribution in [1.29, 1.82) is 0 Å². The molecule has 0 fully saturated rings. The van der Waals surface area contributed by atoms with Gasteiger partial charge in [0.2, 0.25) is 23.1 Å². The number of hydrogen-bond donors (Lipinski definition) is 0. The lowest BCUT2D eigenvalue weighted by molar-refractivity contribution is -0.000000997. The molecule has 34 valence electrons. The maximum atomic E-state index is 3.81. The number of rotatable bonds is 0. The molecule has 0 aromatic carbocycles. The molecule has 0 aliphatic rings. The first-order valence-electron chi connectivity index (χ1n) is 1.17. The molecule has 1 aromatic heterocycles. The summed E-state index contributed by atoms with van der Waals surface area (Å²) in [6, 6.07) is 0. The van der Waals surface area contributed by atoms with Crippen molar-refractivity contribution in [3.8, 4) is 0 Å². The molecular formula is C2H2ClNS2. The van der Waals surface area contributed by atoms with Crippen LogP contribution in [-0.2, 0) is 0 Å². The van der Waals surface area contributed by atoms with Crippen LogP contribution >= 0.6 is 23.1 Å². The molecule has 0 spiro atoms. The molecule has 0 aliphatic heterocycles. The van der Waals surface area contributed by atoms with Gasteiger partial charge >= 0.3 is 0 Å². The molecule has 1 rings (SSSR count). The Morgan fingerprint density at radius 3 is 2.67 bits per heavy atom. The number of nitrogens with zero attached hydrogens (tertiary/aromatic N) is 1. The summed E-state index contributed by atoms with van der Waals surface area (Å²) in [6.45, 7) is 0. The van der Waals surface area contributed by atoms with E-state index >= 15 is 0 Å². The van der Waals surface area contributed by atoms with Crippen LogP contribution in [0.25, 0.3) is 0 Å². The number of aromatic nitrogens is 1. The molecule has 0 saturated carbocycles. The Labute approximate surface area is 50.4 Å². The fraction of sp³-hybridized carbons (Fsp3) is 0. The SMILES string of the molecule is [Cl-].c1c[s+]ns1. The third-order valence-corrected chi connectivity index (χ3v) is 1.64. The van der Waals surface area contributed by atoms with Gasteiger partial charge in [-0.1, -0.05) is 0 Å². The minimum absolute atomic E-state index is 0. The highest BCUT2D eigenvalue weighted by Gasteiger charge is 1.79. The maximum Gasteiger partial charge on any atom is 0.200 e. The summed E-state index contributed by atoms with van der Waals surface area (Å²) in [5.74, 6) is 0. The molecule has 1 nitrogen and oxygen atoms in total. The van der Waals surface area contributed by atoms with E-state index < -0.39 is 0 Å². The van der Waals surface area contributed by atoms with E-state index in [1.54, 1.807) is 0 Å². The average molecular weight is 140 g/mol. The summed E-state index contributed by atoms with van der Waals surface area (Å²) in [5, 5.41) is 3.90. The lowest BCUT2D eigenvalue weighted by Crippen LogP contribution is -3.00. The molecule has 0 unspecified atom stereocenters. The van der Waals surface area contributed by atoms with Gasteiger partial charge in [0.1, 0.15) is 0 Å². The van der Waals surface area contributed by atoms with Crippen molar-refractivity contribution < 1.29 is 12.4 Å². The summed E-state index contributed by atoms with van der Waals surface area (Å²) in [5.41, 5.74) is 0. The van der Waals surface area contributed by atoms with Crippen LogP contribution in [0, 0.1) is 0 Å². The minimum Gasteiger partial charge on any atom is -1.00 e. The van der Waals surface area contributed by atoms with Crippen LogP contribution in [-0.4, -0.2) is 3.76 Å². The fourth-order valence-electron chi connectivity index (χ4n) is 0.124. The second-order valence-corrected chi connectivity index (χ2v) is 2.12. The van der Waals surface area contributed by atoms with Gasteiger partial charge in [0.15, 0.2) is 10.8 Å². The lowest BCUT2D eigenvalue weighted by Gasteiger charge is -1.17. The standard InChI is InChI=1S/C2H2NS2.ClH/c1-2-5-3-4-1;/h1-2H;1H/q+1;/p-1. The Morgan fingerprint density at radius 2 is 2.50 bits per heavy atom. The zero-order valence-corrected chi connectivity index (χ0v) is 5.19. The Balaban J connectivity index is 0.000000250. The molecule has 0 N–H and O–H groups in total. The Hall–Kier alpha value is 0.270. The van der Waals surface area contributed by atoms with E-state index in [4.69, 9.17) is 0 Å². The van der Waals surface area contributed by atoms with Gasteiger partial charge in [-0.05, 0) is 0 Å². The topological polar surface area (TPSA) is 12.9 Å². The summed E-state index contributed by atoms with van der Waals surface area (Å²) in [6.07, 6.45) is 0. The fourth-order valence-corrected chi connectivity index (χ4v) is 1.12. The van der Waals surface area contributed by atoms with E-state index in [-0.39, 0.29) is 12.4 Å². The molecule has 0 saturated heterocycles.